The minimum absolute atomic E-state index is 0.00648. The van der Waals surface area contributed by atoms with Crippen molar-refractivity contribution in [1.29, 1.82) is 0 Å². The summed E-state index contributed by atoms with van der Waals surface area (Å²) in [5, 5.41) is 2.25. The zero-order valence-corrected chi connectivity index (χ0v) is 41.8. The first-order chi connectivity index (χ1) is 35.8. The molecule has 0 saturated carbocycles. The molecule has 0 aromatic heterocycles. The molecular formula is C64H67NO8. The van der Waals surface area contributed by atoms with Crippen LogP contribution < -0.4 is 24.3 Å². The van der Waals surface area contributed by atoms with Gasteiger partial charge in [0.15, 0.2) is 11.6 Å². The Morgan fingerprint density at radius 2 is 0.740 bits per heavy atom. The summed E-state index contributed by atoms with van der Waals surface area (Å²) in [4.78, 5) is 47.3. The van der Waals surface area contributed by atoms with Crippen molar-refractivity contribution in [2.75, 3.05) is 26.4 Å². The lowest BCUT2D eigenvalue weighted by Crippen LogP contribution is -2.21. The molecule has 0 radical (unpaired) electrons. The zero-order chi connectivity index (χ0) is 51.1. The SMILES string of the molecule is C=Cc1ccc(OCCCCCCCCOc2ccc(C=CC(=O)c3ccccc3)cc2)cc1.O=C1C=C(c2ccc(OCCCCCCCCOc3ccc(C=CC(=O)c4ccccc4)cc3)cc2)C(=O)N1. The lowest BCUT2D eigenvalue weighted by atomic mass is 10.1. The Labute approximate surface area is 431 Å². The van der Waals surface area contributed by atoms with E-state index in [1.807, 2.05) is 164 Å². The minimum Gasteiger partial charge on any atom is -0.494 e. The molecule has 1 heterocycles. The highest BCUT2D eigenvalue weighted by atomic mass is 16.5. The van der Waals surface area contributed by atoms with E-state index in [2.05, 4.69) is 11.9 Å². The maximum atomic E-state index is 12.2. The molecule has 0 fully saturated rings. The van der Waals surface area contributed by atoms with Crippen LogP contribution in [0.1, 0.15) is 120 Å². The van der Waals surface area contributed by atoms with Gasteiger partial charge in [0.1, 0.15) is 23.0 Å². The first-order valence-electron chi connectivity index (χ1n) is 25.5. The van der Waals surface area contributed by atoms with Crippen LogP contribution in [-0.4, -0.2) is 49.8 Å². The third-order valence-electron chi connectivity index (χ3n) is 11.9. The molecule has 0 spiro atoms. The first kappa shape index (κ1) is 54.3. The van der Waals surface area contributed by atoms with Crippen LogP contribution in [0.3, 0.4) is 0 Å². The van der Waals surface area contributed by atoms with Crippen LogP contribution in [0.25, 0.3) is 23.8 Å². The highest BCUT2D eigenvalue weighted by molar-refractivity contribution is 6.33. The van der Waals surface area contributed by atoms with Crippen molar-refractivity contribution in [1.82, 2.24) is 5.32 Å². The Kier molecular flexibility index (Phi) is 23.3. The van der Waals surface area contributed by atoms with Crippen molar-refractivity contribution in [3.8, 4) is 23.0 Å². The maximum Gasteiger partial charge on any atom is 0.258 e. The molecular weight excluding hydrogens is 911 g/mol. The smallest absolute Gasteiger partial charge is 0.258 e. The minimum atomic E-state index is -0.378. The average Bonchev–Trinajstić information content (AvgIpc) is 3.78. The topological polar surface area (TPSA) is 117 Å². The lowest BCUT2D eigenvalue weighted by molar-refractivity contribution is -0.123. The van der Waals surface area contributed by atoms with Crippen LogP contribution in [0.4, 0.5) is 0 Å². The number of hydrogen-bond acceptors (Lipinski definition) is 8. The summed E-state index contributed by atoms with van der Waals surface area (Å²) < 4.78 is 23.3. The molecule has 9 nitrogen and oxygen atoms in total. The molecule has 0 saturated heterocycles. The van der Waals surface area contributed by atoms with Crippen LogP contribution in [0.5, 0.6) is 23.0 Å². The largest absolute Gasteiger partial charge is 0.494 e. The molecule has 6 aromatic rings. The number of hydrogen-bond donors (Lipinski definition) is 1. The van der Waals surface area contributed by atoms with Crippen molar-refractivity contribution in [3.05, 3.63) is 216 Å². The van der Waals surface area contributed by atoms with Crippen LogP contribution >= 0.6 is 0 Å². The molecule has 0 atom stereocenters. The summed E-state index contributed by atoms with van der Waals surface area (Å²) in [6, 6.07) is 49.4. The van der Waals surface area contributed by atoms with E-state index in [0.29, 0.717) is 35.5 Å². The normalized spacial score (nSPS) is 11.9. The van der Waals surface area contributed by atoms with Crippen molar-refractivity contribution >= 4 is 47.2 Å². The predicted molar refractivity (Wildman–Crippen MR) is 294 cm³/mol. The van der Waals surface area contributed by atoms with Crippen molar-refractivity contribution in [3.63, 3.8) is 0 Å². The summed E-state index contributed by atoms with van der Waals surface area (Å²) in [5.41, 5.74) is 5.52. The second-order valence-electron chi connectivity index (χ2n) is 17.6. The number of unbranched alkanes of at least 4 members (excludes halogenated alkanes) is 10. The van der Waals surface area contributed by atoms with E-state index in [0.717, 1.165) is 104 Å². The maximum absolute atomic E-state index is 12.2. The van der Waals surface area contributed by atoms with Gasteiger partial charge in [0, 0.05) is 17.2 Å². The molecule has 0 bridgehead atoms. The number of imide groups is 1. The summed E-state index contributed by atoms with van der Waals surface area (Å²) in [6.45, 7) is 6.59. The van der Waals surface area contributed by atoms with Crippen LogP contribution in [-0.2, 0) is 9.59 Å². The van der Waals surface area contributed by atoms with Gasteiger partial charge in [0.2, 0.25) is 0 Å². The molecule has 2 amide bonds. The van der Waals surface area contributed by atoms with Crippen LogP contribution in [0.15, 0.2) is 183 Å². The Morgan fingerprint density at radius 1 is 0.411 bits per heavy atom. The van der Waals surface area contributed by atoms with Gasteiger partial charge < -0.3 is 18.9 Å². The molecule has 73 heavy (non-hydrogen) atoms. The fourth-order valence-electron chi connectivity index (χ4n) is 7.73. The van der Waals surface area contributed by atoms with Gasteiger partial charge in [0.25, 0.3) is 11.8 Å². The van der Waals surface area contributed by atoms with Gasteiger partial charge in [-0.3, -0.25) is 24.5 Å². The Hall–Kier alpha value is -8.04. The lowest BCUT2D eigenvalue weighted by Gasteiger charge is -2.08. The average molecular weight is 978 g/mol. The Morgan fingerprint density at radius 3 is 1.07 bits per heavy atom. The van der Waals surface area contributed by atoms with Crippen molar-refractivity contribution in [2.24, 2.45) is 0 Å². The van der Waals surface area contributed by atoms with E-state index in [-0.39, 0.29) is 23.4 Å². The van der Waals surface area contributed by atoms with E-state index in [4.69, 9.17) is 18.9 Å². The van der Waals surface area contributed by atoms with Gasteiger partial charge in [-0.25, -0.2) is 0 Å². The van der Waals surface area contributed by atoms with Gasteiger partial charge in [-0.2, -0.15) is 0 Å². The standard InChI is InChI=1S/C33H33NO5.C31H34O3/c35-31(27-10-6-5-7-11-27)21-14-25-12-17-28(18-13-25)38-22-8-3-1-2-4-9-23-39-29-19-15-26(16-20-29)30-24-32(36)34-33(30)37;1-2-26-14-19-29(20-15-26)33-24-10-5-3-4-6-11-25-34-30-21-16-27(17-22-30)18-23-31(32)28-12-8-7-9-13-28/h5-7,10-21,24H,1-4,8-9,22-23H2,(H,34,36,37);2,7-9,12-23H,1,3-6,10-11,24-25H2. The van der Waals surface area contributed by atoms with Gasteiger partial charge in [-0.1, -0.05) is 185 Å². The Balaban J connectivity index is 0.000000241. The van der Waals surface area contributed by atoms with Gasteiger partial charge >= 0.3 is 0 Å². The molecule has 1 N–H and O–H groups in total. The number of nitrogens with one attached hydrogen (secondary N) is 1. The van der Waals surface area contributed by atoms with Gasteiger partial charge in [0.05, 0.1) is 32.0 Å². The fraction of sp³-hybridized carbons (Fsp3) is 0.250. The number of ether oxygens (including phenoxy) is 4. The monoisotopic (exact) mass is 977 g/mol. The van der Waals surface area contributed by atoms with E-state index < -0.39 is 0 Å². The summed E-state index contributed by atoms with van der Waals surface area (Å²) in [5.74, 6) is 2.64. The van der Waals surface area contributed by atoms with E-state index in [1.54, 1.807) is 24.3 Å². The molecule has 1 aliphatic rings. The molecule has 6 aromatic carbocycles. The van der Waals surface area contributed by atoms with Crippen LogP contribution in [0.2, 0.25) is 0 Å². The molecule has 7 rings (SSSR count). The molecule has 0 unspecified atom stereocenters. The number of carbonyl (C=O) groups excluding carboxylic acids is 4. The number of carbonyl (C=O) groups is 4. The molecule has 376 valence electrons. The second kappa shape index (κ2) is 31.3. The van der Waals surface area contributed by atoms with E-state index in [9.17, 15) is 19.2 Å². The third-order valence-corrected chi connectivity index (χ3v) is 11.9. The summed E-state index contributed by atoms with van der Waals surface area (Å²) >= 11 is 0. The summed E-state index contributed by atoms with van der Waals surface area (Å²) in [7, 11) is 0. The number of amides is 2. The van der Waals surface area contributed by atoms with Crippen molar-refractivity contribution < 1.29 is 38.1 Å². The molecule has 1 aliphatic heterocycles. The predicted octanol–water partition coefficient (Wildman–Crippen LogP) is 14.4. The number of rotatable bonds is 30. The van der Waals surface area contributed by atoms with Crippen molar-refractivity contribution in [2.45, 2.75) is 77.0 Å². The van der Waals surface area contributed by atoms with Gasteiger partial charge in [-0.05, 0) is 109 Å². The van der Waals surface area contributed by atoms with E-state index >= 15 is 0 Å². The van der Waals surface area contributed by atoms with E-state index in [1.165, 1.54) is 31.8 Å². The number of ketones is 2. The Bertz CT molecular complexity index is 2710. The zero-order valence-electron chi connectivity index (χ0n) is 41.8. The summed E-state index contributed by atoms with van der Waals surface area (Å²) in [6.07, 6.45) is 23.5. The second-order valence-corrected chi connectivity index (χ2v) is 17.6. The highest BCUT2D eigenvalue weighted by Gasteiger charge is 2.22. The quantitative estimate of drug-likeness (QED) is 0.0205. The molecule has 0 aliphatic carbocycles. The first-order valence-corrected chi connectivity index (χ1v) is 25.5. The number of allylic oxidation sites excluding steroid dienone is 2. The number of benzene rings is 6. The van der Waals surface area contributed by atoms with Gasteiger partial charge in [-0.15, -0.1) is 0 Å². The third kappa shape index (κ3) is 20.3. The fourth-order valence-corrected chi connectivity index (χ4v) is 7.73. The highest BCUT2D eigenvalue weighted by Crippen LogP contribution is 2.22. The molecule has 9 heteroatoms. The van der Waals surface area contributed by atoms with Crippen LogP contribution in [0, 0.1) is 0 Å².